The van der Waals surface area contributed by atoms with Gasteiger partial charge in [0.1, 0.15) is 5.75 Å². The Kier molecular flexibility index (Phi) is 6.02. The van der Waals surface area contributed by atoms with E-state index in [1.807, 2.05) is 6.07 Å². The van der Waals surface area contributed by atoms with Gasteiger partial charge in [-0.15, -0.1) is 0 Å². The Morgan fingerprint density at radius 2 is 2.00 bits per heavy atom. The van der Waals surface area contributed by atoms with Crippen molar-refractivity contribution in [1.82, 2.24) is 10.1 Å². The van der Waals surface area contributed by atoms with Crippen molar-refractivity contribution in [2.75, 3.05) is 18.6 Å². The molecule has 1 amide bonds. The van der Waals surface area contributed by atoms with Crippen LogP contribution in [0.3, 0.4) is 0 Å². The van der Waals surface area contributed by atoms with Crippen LogP contribution >= 0.6 is 11.6 Å². The lowest BCUT2D eigenvalue weighted by Gasteiger charge is -2.27. The van der Waals surface area contributed by atoms with Crippen molar-refractivity contribution in [1.29, 1.82) is 0 Å². The van der Waals surface area contributed by atoms with Gasteiger partial charge in [0.15, 0.2) is 21.3 Å². The number of sulfone groups is 1. The van der Waals surface area contributed by atoms with E-state index in [2.05, 4.69) is 5.16 Å². The second-order valence-electron chi connectivity index (χ2n) is 7.42. The number of rotatable bonds is 6. The fourth-order valence-corrected chi connectivity index (χ4v) is 5.58. The van der Waals surface area contributed by atoms with Crippen molar-refractivity contribution in [3.8, 4) is 17.1 Å². The Hall–Kier alpha value is -2.84. The normalized spacial score (nSPS) is 17.4. The summed E-state index contributed by atoms with van der Waals surface area (Å²) in [6, 6.07) is 15.5. The van der Waals surface area contributed by atoms with Crippen molar-refractivity contribution < 1.29 is 22.5 Å². The number of aromatic nitrogens is 1. The molecule has 0 bridgehead atoms. The van der Waals surface area contributed by atoms with Crippen molar-refractivity contribution in [3.63, 3.8) is 0 Å². The number of hydrogen-bond acceptors (Lipinski definition) is 6. The van der Waals surface area contributed by atoms with Crippen LogP contribution in [0.4, 0.5) is 0 Å². The molecule has 0 aliphatic carbocycles. The smallest absolute Gasteiger partial charge is 0.276 e. The van der Waals surface area contributed by atoms with Gasteiger partial charge in [-0.25, -0.2) is 8.42 Å². The molecule has 162 valence electrons. The maximum absolute atomic E-state index is 13.3. The molecular formula is C22H21ClN2O5S. The highest BCUT2D eigenvalue weighted by Crippen LogP contribution is 2.26. The van der Waals surface area contributed by atoms with Crippen LogP contribution in [-0.2, 0) is 16.4 Å². The Morgan fingerprint density at radius 1 is 1.23 bits per heavy atom. The number of nitrogens with zero attached hydrogens (tertiary/aromatic N) is 2. The van der Waals surface area contributed by atoms with Crippen LogP contribution in [0, 0.1) is 0 Å². The summed E-state index contributed by atoms with van der Waals surface area (Å²) in [7, 11) is -1.60. The average molecular weight is 461 g/mol. The Labute approximate surface area is 185 Å². The van der Waals surface area contributed by atoms with Gasteiger partial charge in [0.25, 0.3) is 5.91 Å². The molecule has 31 heavy (non-hydrogen) atoms. The number of ether oxygens (including phenoxy) is 1. The van der Waals surface area contributed by atoms with Gasteiger partial charge >= 0.3 is 0 Å². The first-order chi connectivity index (χ1) is 14.8. The average Bonchev–Trinajstić information content (AvgIpc) is 3.38. The maximum atomic E-state index is 13.3. The first kappa shape index (κ1) is 21.4. The van der Waals surface area contributed by atoms with Gasteiger partial charge in [0.05, 0.1) is 18.6 Å². The second kappa shape index (κ2) is 8.72. The molecule has 2 heterocycles. The van der Waals surface area contributed by atoms with E-state index in [1.54, 1.807) is 60.5 Å². The molecule has 1 atom stereocenters. The molecule has 0 N–H and O–H groups in total. The van der Waals surface area contributed by atoms with Crippen LogP contribution in [0.2, 0.25) is 5.02 Å². The summed E-state index contributed by atoms with van der Waals surface area (Å²) in [5, 5.41) is 4.50. The van der Waals surface area contributed by atoms with Gasteiger partial charge in [-0.3, -0.25) is 4.79 Å². The lowest BCUT2D eigenvalue weighted by Crippen LogP contribution is -2.40. The summed E-state index contributed by atoms with van der Waals surface area (Å²) < 4.78 is 34.6. The lowest BCUT2D eigenvalue weighted by molar-refractivity contribution is 0.0670. The van der Waals surface area contributed by atoms with Gasteiger partial charge < -0.3 is 14.2 Å². The zero-order valence-electron chi connectivity index (χ0n) is 16.8. The van der Waals surface area contributed by atoms with Crippen LogP contribution in [-0.4, -0.2) is 49.0 Å². The molecule has 1 aromatic heterocycles. The van der Waals surface area contributed by atoms with Crippen molar-refractivity contribution in [2.24, 2.45) is 0 Å². The highest BCUT2D eigenvalue weighted by atomic mass is 35.5. The maximum Gasteiger partial charge on any atom is 0.276 e. The van der Waals surface area contributed by atoms with Crippen molar-refractivity contribution in [3.05, 3.63) is 70.9 Å². The standard InChI is InChI=1S/C22H21ClN2O5S/c1-29-19-7-5-16(6-8-19)21-12-20(24-30-21)22(26)25(18-9-10-31(27,28)14-18)13-15-3-2-4-17(23)11-15/h2-8,11-12,18H,9-10,13-14H2,1H3. The predicted molar refractivity (Wildman–Crippen MR) is 117 cm³/mol. The summed E-state index contributed by atoms with van der Waals surface area (Å²) in [5.41, 5.74) is 1.68. The molecule has 0 saturated carbocycles. The van der Waals surface area contributed by atoms with Gasteiger partial charge in [-0.2, -0.15) is 0 Å². The SMILES string of the molecule is COc1ccc(-c2cc(C(=O)N(Cc3cccc(Cl)c3)C3CCS(=O)(=O)C3)no2)cc1. The highest BCUT2D eigenvalue weighted by molar-refractivity contribution is 7.91. The number of methoxy groups -OCH3 is 1. The third-order valence-electron chi connectivity index (χ3n) is 5.26. The van der Waals surface area contributed by atoms with Crippen LogP contribution in [0.5, 0.6) is 5.75 Å². The topological polar surface area (TPSA) is 89.7 Å². The number of halogens is 1. The third kappa shape index (κ3) is 4.91. The first-order valence-corrected chi connectivity index (χ1v) is 11.9. The highest BCUT2D eigenvalue weighted by Gasteiger charge is 2.36. The lowest BCUT2D eigenvalue weighted by atomic mass is 10.1. The number of amides is 1. The summed E-state index contributed by atoms with van der Waals surface area (Å²) in [5.74, 6) is 0.753. The minimum atomic E-state index is -3.18. The summed E-state index contributed by atoms with van der Waals surface area (Å²) in [6.45, 7) is 0.226. The van der Waals surface area contributed by atoms with E-state index in [-0.39, 0.29) is 29.7 Å². The number of benzene rings is 2. The summed E-state index contributed by atoms with van der Waals surface area (Å²) >= 11 is 6.09. The molecule has 1 unspecified atom stereocenters. The molecule has 0 radical (unpaired) electrons. The molecule has 4 rings (SSSR count). The fourth-order valence-electron chi connectivity index (χ4n) is 3.63. The molecule has 2 aromatic carbocycles. The molecule has 1 saturated heterocycles. The zero-order valence-corrected chi connectivity index (χ0v) is 18.4. The second-order valence-corrected chi connectivity index (χ2v) is 10.1. The van der Waals surface area contributed by atoms with Gasteiger partial charge in [-0.05, 0) is 48.4 Å². The predicted octanol–water partition coefficient (Wildman–Crippen LogP) is 3.83. The van der Waals surface area contributed by atoms with Crippen molar-refractivity contribution in [2.45, 2.75) is 19.0 Å². The Balaban J connectivity index is 1.61. The quantitative estimate of drug-likeness (QED) is 0.555. The van der Waals surface area contributed by atoms with Gasteiger partial charge in [0.2, 0.25) is 0 Å². The fraction of sp³-hybridized carbons (Fsp3) is 0.273. The van der Waals surface area contributed by atoms with Gasteiger partial charge in [0, 0.05) is 29.2 Å². The molecule has 9 heteroatoms. The monoisotopic (exact) mass is 460 g/mol. The first-order valence-electron chi connectivity index (χ1n) is 9.71. The van der Waals surface area contributed by atoms with E-state index in [4.69, 9.17) is 20.9 Å². The Morgan fingerprint density at radius 3 is 2.65 bits per heavy atom. The minimum Gasteiger partial charge on any atom is -0.497 e. The molecule has 3 aromatic rings. The number of hydrogen-bond donors (Lipinski definition) is 0. The third-order valence-corrected chi connectivity index (χ3v) is 7.24. The minimum absolute atomic E-state index is 0.0624. The Bertz CT molecular complexity index is 1190. The molecule has 1 aliphatic rings. The largest absolute Gasteiger partial charge is 0.497 e. The van der Waals surface area contributed by atoms with Crippen LogP contribution in [0.1, 0.15) is 22.5 Å². The van der Waals surface area contributed by atoms with Gasteiger partial charge in [-0.1, -0.05) is 28.9 Å². The molecule has 1 fully saturated rings. The van der Waals surface area contributed by atoms with E-state index in [0.29, 0.717) is 23.0 Å². The number of carbonyl (C=O) groups excluding carboxylic acids is 1. The van der Waals surface area contributed by atoms with Crippen LogP contribution in [0.25, 0.3) is 11.3 Å². The van der Waals surface area contributed by atoms with E-state index in [0.717, 1.165) is 11.1 Å². The van der Waals surface area contributed by atoms with E-state index < -0.39 is 15.9 Å². The number of carbonyl (C=O) groups is 1. The zero-order chi connectivity index (χ0) is 22.0. The summed E-state index contributed by atoms with van der Waals surface area (Å²) in [4.78, 5) is 14.9. The van der Waals surface area contributed by atoms with Crippen molar-refractivity contribution >= 4 is 27.3 Å². The van der Waals surface area contributed by atoms with Crippen LogP contribution in [0.15, 0.2) is 59.1 Å². The molecule has 7 nitrogen and oxygen atoms in total. The molecular weight excluding hydrogens is 440 g/mol. The van der Waals surface area contributed by atoms with E-state index >= 15 is 0 Å². The van der Waals surface area contributed by atoms with E-state index in [1.165, 1.54) is 0 Å². The van der Waals surface area contributed by atoms with E-state index in [9.17, 15) is 13.2 Å². The summed E-state index contributed by atoms with van der Waals surface area (Å²) in [6.07, 6.45) is 0.387. The molecule has 1 aliphatic heterocycles. The van der Waals surface area contributed by atoms with Crippen LogP contribution < -0.4 is 4.74 Å². The molecule has 0 spiro atoms.